The van der Waals surface area contributed by atoms with Gasteiger partial charge in [-0.05, 0) is 69.4 Å². The van der Waals surface area contributed by atoms with Crippen molar-refractivity contribution in [3.8, 4) is 11.4 Å². The summed E-state index contributed by atoms with van der Waals surface area (Å²) in [5.41, 5.74) is 4.76. The molecule has 0 unspecified atom stereocenters. The van der Waals surface area contributed by atoms with Gasteiger partial charge < -0.3 is 4.52 Å². The molecule has 1 atom stereocenters. The van der Waals surface area contributed by atoms with E-state index in [-0.39, 0.29) is 0 Å². The van der Waals surface area contributed by atoms with Crippen LogP contribution in [-0.4, -0.2) is 29.4 Å². The standard InChI is InChI=1S/C22H25N3O3S/c1-14-7-5-8-18(11-14)21-23-22(28-24-21)19-9-6-10-25(19)29(26,27)20-13-16(3)15(2)12-17(20)4/h5,7-8,11-13,19H,6,9-10H2,1-4H3/t19-/m1/s1. The molecule has 152 valence electrons. The van der Waals surface area contributed by atoms with Crippen molar-refractivity contribution >= 4 is 10.0 Å². The maximum absolute atomic E-state index is 13.5. The molecule has 1 aromatic heterocycles. The first-order chi connectivity index (χ1) is 13.8. The van der Waals surface area contributed by atoms with Gasteiger partial charge in [0.25, 0.3) is 0 Å². The SMILES string of the molecule is Cc1cccc(-c2noc([C@H]3CCCN3S(=O)(=O)c3cc(C)c(C)cc3C)n2)c1. The molecule has 1 aliphatic heterocycles. The van der Waals surface area contributed by atoms with Gasteiger partial charge in [0, 0.05) is 12.1 Å². The molecule has 1 saturated heterocycles. The van der Waals surface area contributed by atoms with E-state index in [9.17, 15) is 8.42 Å². The lowest BCUT2D eigenvalue weighted by molar-refractivity contribution is 0.290. The molecular formula is C22H25N3O3S. The molecule has 1 fully saturated rings. The first-order valence-electron chi connectivity index (χ1n) is 9.77. The molecule has 2 heterocycles. The van der Waals surface area contributed by atoms with Gasteiger partial charge in [-0.25, -0.2) is 8.42 Å². The van der Waals surface area contributed by atoms with Crippen molar-refractivity contribution in [2.45, 2.75) is 51.5 Å². The highest BCUT2D eigenvalue weighted by Crippen LogP contribution is 2.37. The highest BCUT2D eigenvalue weighted by molar-refractivity contribution is 7.89. The lowest BCUT2D eigenvalue weighted by Crippen LogP contribution is -2.31. The molecule has 7 heteroatoms. The van der Waals surface area contributed by atoms with Crippen LogP contribution in [0.4, 0.5) is 0 Å². The normalized spacial score (nSPS) is 17.7. The predicted octanol–water partition coefficient (Wildman–Crippen LogP) is 4.50. The number of sulfonamides is 1. The van der Waals surface area contributed by atoms with Gasteiger partial charge in [0.1, 0.15) is 6.04 Å². The number of hydrogen-bond acceptors (Lipinski definition) is 5. The van der Waals surface area contributed by atoms with E-state index in [2.05, 4.69) is 10.1 Å². The minimum Gasteiger partial charge on any atom is -0.337 e. The van der Waals surface area contributed by atoms with Crippen LogP contribution in [0.15, 0.2) is 45.8 Å². The molecule has 0 aliphatic carbocycles. The quantitative estimate of drug-likeness (QED) is 0.632. The molecule has 0 spiro atoms. The summed E-state index contributed by atoms with van der Waals surface area (Å²) in [6.45, 7) is 8.21. The molecule has 0 N–H and O–H groups in total. The van der Waals surface area contributed by atoms with Gasteiger partial charge in [0.2, 0.25) is 21.7 Å². The maximum Gasteiger partial charge on any atom is 0.245 e. The second kappa shape index (κ2) is 7.39. The van der Waals surface area contributed by atoms with Crippen LogP contribution in [0.5, 0.6) is 0 Å². The third-order valence-corrected chi connectivity index (χ3v) is 7.63. The van der Waals surface area contributed by atoms with Crippen LogP contribution in [0, 0.1) is 27.7 Å². The Bertz CT molecular complexity index is 1170. The number of rotatable bonds is 4. The van der Waals surface area contributed by atoms with Crippen molar-refractivity contribution in [2.24, 2.45) is 0 Å². The summed E-state index contributed by atoms with van der Waals surface area (Å²) >= 11 is 0. The Morgan fingerprint density at radius 3 is 2.55 bits per heavy atom. The Hall–Kier alpha value is -2.51. The average molecular weight is 412 g/mol. The Morgan fingerprint density at radius 2 is 1.79 bits per heavy atom. The van der Waals surface area contributed by atoms with Crippen molar-refractivity contribution < 1.29 is 12.9 Å². The van der Waals surface area contributed by atoms with Crippen molar-refractivity contribution in [3.05, 3.63) is 64.5 Å². The number of hydrogen-bond donors (Lipinski definition) is 0. The van der Waals surface area contributed by atoms with Crippen LogP contribution in [-0.2, 0) is 10.0 Å². The summed E-state index contributed by atoms with van der Waals surface area (Å²) in [6.07, 6.45) is 1.43. The smallest absolute Gasteiger partial charge is 0.245 e. The van der Waals surface area contributed by atoms with Crippen molar-refractivity contribution in [2.75, 3.05) is 6.54 Å². The van der Waals surface area contributed by atoms with E-state index in [0.29, 0.717) is 29.6 Å². The molecule has 0 amide bonds. The third-order valence-electron chi connectivity index (χ3n) is 5.58. The van der Waals surface area contributed by atoms with Crippen LogP contribution in [0.2, 0.25) is 0 Å². The van der Waals surface area contributed by atoms with E-state index in [1.807, 2.05) is 58.0 Å². The number of aromatic nitrogens is 2. The topological polar surface area (TPSA) is 76.3 Å². The third kappa shape index (κ3) is 3.60. The van der Waals surface area contributed by atoms with Crippen LogP contribution in [0.3, 0.4) is 0 Å². The largest absolute Gasteiger partial charge is 0.337 e. The summed E-state index contributed by atoms with van der Waals surface area (Å²) in [7, 11) is -3.66. The summed E-state index contributed by atoms with van der Waals surface area (Å²) in [4.78, 5) is 4.88. The molecule has 3 aromatic rings. The Kier molecular flexibility index (Phi) is 5.04. The number of nitrogens with zero attached hydrogens (tertiary/aromatic N) is 3. The van der Waals surface area contributed by atoms with Gasteiger partial charge in [0.15, 0.2) is 0 Å². The average Bonchev–Trinajstić information content (AvgIpc) is 3.33. The zero-order valence-electron chi connectivity index (χ0n) is 17.1. The fourth-order valence-electron chi connectivity index (χ4n) is 3.88. The Morgan fingerprint density at radius 1 is 1.03 bits per heavy atom. The van der Waals surface area contributed by atoms with Crippen LogP contribution < -0.4 is 0 Å². The van der Waals surface area contributed by atoms with Crippen molar-refractivity contribution in [1.29, 1.82) is 0 Å². The van der Waals surface area contributed by atoms with Crippen LogP contribution in [0.1, 0.15) is 47.0 Å². The van der Waals surface area contributed by atoms with Gasteiger partial charge >= 0.3 is 0 Å². The second-order valence-corrected chi connectivity index (χ2v) is 9.66. The lowest BCUT2D eigenvalue weighted by atomic mass is 10.1. The highest BCUT2D eigenvalue weighted by atomic mass is 32.2. The minimum atomic E-state index is -3.66. The van der Waals surface area contributed by atoms with Crippen molar-refractivity contribution in [3.63, 3.8) is 0 Å². The summed E-state index contributed by atoms with van der Waals surface area (Å²) in [6, 6.07) is 11.1. The van der Waals surface area contributed by atoms with Crippen LogP contribution >= 0.6 is 0 Å². The van der Waals surface area contributed by atoms with Crippen LogP contribution in [0.25, 0.3) is 11.4 Å². The molecular weight excluding hydrogens is 386 g/mol. The zero-order valence-corrected chi connectivity index (χ0v) is 18.0. The van der Waals surface area contributed by atoms with E-state index >= 15 is 0 Å². The molecule has 4 rings (SSSR count). The van der Waals surface area contributed by atoms with Gasteiger partial charge in [0.05, 0.1) is 4.90 Å². The maximum atomic E-state index is 13.5. The molecule has 0 bridgehead atoms. The molecule has 0 radical (unpaired) electrons. The lowest BCUT2D eigenvalue weighted by Gasteiger charge is -2.23. The predicted molar refractivity (Wildman–Crippen MR) is 111 cm³/mol. The summed E-state index contributed by atoms with van der Waals surface area (Å²) < 4.78 is 33.9. The summed E-state index contributed by atoms with van der Waals surface area (Å²) in [5.74, 6) is 0.833. The van der Waals surface area contributed by atoms with E-state index in [0.717, 1.165) is 34.2 Å². The minimum absolute atomic E-state index is 0.351. The van der Waals surface area contributed by atoms with E-state index in [4.69, 9.17) is 4.52 Å². The molecule has 2 aromatic carbocycles. The Labute approximate surface area is 171 Å². The first-order valence-corrected chi connectivity index (χ1v) is 11.2. The zero-order chi connectivity index (χ0) is 20.8. The van der Waals surface area contributed by atoms with Gasteiger partial charge in [-0.15, -0.1) is 0 Å². The molecule has 0 saturated carbocycles. The van der Waals surface area contributed by atoms with Gasteiger partial charge in [-0.3, -0.25) is 0 Å². The number of aryl methyl sites for hydroxylation is 4. The van der Waals surface area contributed by atoms with Gasteiger partial charge in [-0.2, -0.15) is 9.29 Å². The fraction of sp³-hybridized carbons (Fsp3) is 0.364. The molecule has 29 heavy (non-hydrogen) atoms. The Balaban J connectivity index is 1.69. The summed E-state index contributed by atoms with van der Waals surface area (Å²) in [5, 5.41) is 4.10. The van der Waals surface area contributed by atoms with Crippen molar-refractivity contribution in [1.82, 2.24) is 14.4 Å². The monoisotopic (exact) mass is 411 g/mol. The first kappa shape index (κ1) is 19.8. The highest BCUT2D eigenvalue weighted by Gasteiger charge is 2.40. The van der Waals surface area contributed by atoms with Gasteiger partial charge in [-0.1, -0.05) is 35.0 Å². The van der Waals surface area contributed by atoms with E-state index in [1.54, 1.807) is 6.07 Å². The van der Waals surface area contributed by atoms with E-state index in [1.165, 1.54) is 4.31 Å². The van der Waals surface area contributed by atoms with E-state index < -0.39 is 16.1 Å². The second-order valence-electron chi connectivity index (χ2n) is 7.80. The molecule has 6 nitrogen and oxygen atoms in total. The molecule has 1 aliphatic rings. The number of benzene rings is 2. The fourth-order valence-corrected chi connectivity index (χ4v) is 5.83.